The minimum atomic E-state index is -0.538. The summed E-state index contributed by atoms with van der Waals surface area (Å²) in [6, 6.07) is 5.55. The van der Waals surface area contributed by atoms with Crippen molar-refractivity contribution in [1.82, 2.24) is 14.5 Å². The fourth-order valence-electron chi connectivity index (χ4n) is 3.82. The van der Waals surface area contributed by atoms with E-state index in [0.717, 1.165) is 5.56 Å². The van der Waals surface area contributed by atoms with Crippen LogP contribution in [0.5, 0.6) is 11.5 Å². The normalized spacial score (nSPS) is 16.1. The van der Waals surface area contributed by atoms with Gasteiger partial charge in [0.1, 0.15) is 5.65 Å². The number of nitrogens with one attached hydrogen (secondary N) is 1. The number of nitrogens with zero attached hydrogens (tertiary/aromatic N) is 2. The first-order chi connectivity index (χ1) is 13.4. The number of ether oxygens (including phenoxy) is 2. The first-order valence-electron chi connectivity index (χ1n) is 8.80. The van der Waals surface area contributed by atoms with Gasteiger partial charge in [0, 0.05) is 25.2 Å². The summed E-state index contributed by atoms with van der Waals surface area (Å²) in [5.74, 6) is 0.985. The van der Waals surface area contributed by atoms with E-state index < -0.39 is 11.2 Å². The number of methoxy groups -OCH3 is 2. The van der Waals surface area contributed by atoms with Crippen LogP contribution in [0.25, 0.3) is 11.0 Å². The van der Waals surface area contributed by atoms with Gasteiger partial charge in [-0.25, -0.2) is 9.78 Å². The number of aromatic nitrogens is 3. The fourth-order valence-corrected chi connectivity index (χ4v) is 3.82. The molecule has 2 heterocycles. The van der Waals surface area contributed by atoms with Gasteiger partial charge in [0.05, 0.1) is 19.6 Å². The molecule has 0 saturated heterocycles. The number of hydrogen-bond acceptors (Lipinski definition) is 6. The van der Waals surface area contributed by atoms with Gasteiger partial charge in [0.15, 0.2) is 17.3 Å². The molecular formula is C20H19N3O5. The Kier molecular flexibility index (Phi) is 4.26. The van der Waals surface area contributed by atoms with E-state index in [1.807, 2.05) is 12.1 Å². The minimum absolute atomic E-state index is 0.0799. The van der Waals surface area contributed by atoms with E-state index in [1.54, 1.807) is 20.3 Å². The maximum atomic E-state index is 12.8. The summed E-state index contributed by atoms with van der Waals surface area (Å²) in [4.78, 5) is 43.7. The predicted molar refractivity (Wildman–Crippen MR) is 103 cm³/mol. The van der Waals surface area contributed by atoms with Crippen molar-refractivity contribution < 1.29 is 14.3 Å². The van der Waals surface area contributed by atoms with Crippen molar-refractivity contribution in [1.29, 1.82) is 0 Å². The van der Waals surface area contributed by atoms with Crippen LogP contribution in [0.15, 0.2) is 34.0 Å². The van der Waals surface area contributed by atoms with Crippen LogP contribution in [0.3, 0.4) is 0 Å². The molecule has 1 N–H and O–H groups in total. The van der Waals surface area contributed by atoms with E-state index in [2.05, 4.69) is 9.97 Å². The van der Waals surface area contributed by atoms with Crippen LogP contribution in [0, 0.1) is 0 Å². The third kappa shape index (κ3) is 2.69. The molecule has 0 saturated carbocycles. The number of pyridine rings is 1. The largest absolute Gasteiger partial charge is 0.493 e. The molecule has 4 rings (SSSR count). The average Bonchev–Trinajstić information content (AvgIpc) is 2.70. The van der Waals surface area contributed by atoms with E-state index >= 15 is 0 Å². The van der Waals surface area contributed by atoms with Gasteiger partial charge in [0.2, 0.25) is 0 Å². The van der Waals surface area contributed by atoms with Crippen LogP contribution in [-0.4, -0.2) is 34.5 Å². The van der Waals surface area contributed by atoms with Crippen LogP contribution in [-0.2, 0) is 13.5 Å². The van der Waals surface area contributed by atoms with E-state index in [1.165, 1.54) is 17.8 Å². The Labute approximate surface area is 159 Å². The van der Waals surface area contributed by atoms with Gasteiger partial charge >= 0.3 is 5.69 Å². The topological polar surface area (TPSA) is 103 Å². The van der Waals surface area contributed by atoms with Crippen LogP contribution < -0.4 is 20.7 Å². The quantitative estimate of drug-likeness (QED) is 0.738. The second kappa shape index (κ2) is 6.63. The Hall–Kier alpha value is -3.42. The lowest BCUT2D eigenvalue weighted by Gasteiger charge is -2.25. The zero-order chi connectivity index (χ0) is 20.0. The molecule has 1 aliphatic carbocycles. The number of benzene rings is 1. The molecule has 8 heteroatoms. The lowest BCUT2D eigenvalue weighted by Crippen LogP contribution is -2.31. The monoisotopic (exact) mass is 381 g/mol. The molecular weight excluding hydrogens is 362 g/mol. The number of Topliss-reactive ketones (excluding diaryl/α,β-unsaturated/α-hetero) is 1. The van der Waals surface area contributed by atoms with E-state index in [0.29, 0.717) is 35.5 Å². The van der Waals surface area contributed by atoms with Crippen LogP contribution >= 0.6 is 0 Å². The summed E-state index contributed by atoms with van der Waals surface area (Å²) in [6.07, 6.45) is 2.25. The maximum Gasteiger partial charge on any atom is 0.329 e. The molecule has 0 bridgehead atoms. The summed E-state index contributed by atoms with van der Waals surface area (Å²) < 4.78 is 11.9. The Morgan fingerprint density at radius 2 is 1.86 bits per heavy atom. The number of fused-ring (bicyclic) bond motifs is 3. The first kappa shape index (κ1) is 18.0. The van der Waals surface area contributed by atoms with Gasteiger partial charge in [-0.15, -0.1) is 0 Å². The second-order valence-corrected chi connectivity index (χ2v) is 6.81. The van der Waals surface area contributed by atoms with Crippen LogP contribution in [0.1, 0.15) is 33.8 Å². The average molecular weight is 381 g/mol. The predicted octanol–water partition coefficient (Wildman–Crippen LogP) is 1.55. The maximum absolute atomic E-state index is 12.8. The Morgan fingerprint density at radius 1 is 1.11 bits per heavy atom. The van der Waals surface area contributed by atoms with Crippen molar-refractivity contribution in [2.24, 2.45) is 7.05 Å². The van der Waals surface area contributed by atoms with E-state index in [9.17, 15) is 14.4 Å². The van der Waals surface area contributed by atoms with Gasteiger partial charge in [-0.2, -0.15) is 0 Å². The molecule has 1 unspecified atom stereocenters. The summed E-state index contributed by atoms with van der Waals surface area (Å²) in [6.45, 7) is 0. The van der Waals surface area contributed by atoms with Crippen LogP contribution in [0.2, 0.25) is 0 Å². The summed E-state index contributed by atoms with van der Waals surface area (Å²) in [7, 11) is 4.66. The highest BCUT2D eigenvalue weighted by Gasteiger charge is 2.30. The summed E-state index contributed by atoms with van der Waals surface area (Å²) >= 11 is 0. The molecule has 0 radical (unpaired) electrons. The molecule has 1 atom stereocenters. The Bertz CT molecular complexity index is 1220. The number of aryl methyl sites for hydroxylation is 1. The highest BCUT2D eigenvalue weighted by atomic mass is 16.5. The molecule has 2 aromatic heterocycles. The van der Waals surface area contributed by atoms with Gasteiger partial charge in [0.25, 0.3) is 5.56 Å². The van der Waals surface area contributed by atoms with Crippen molar-refractivity contribution in [3.05, 3.63) is 61.9 Å². The zero-order valence-corrected chi connectivity index (χ0v) is 15.7. The molecule has 144 valence electrons. The summed E-state index contributed by atoms with van der Waals surface area (Å²) in [5.41, 5.74) is 1.19. The first-order valence-corrected chi connectivity index (χ1v) is 8.80. The highest BCUT2D eigenvalue weighted by Crippen LogP contribution is 2.38. The number of carbonyl (C=O) groups excluding carboxylic acids is 1. The summed E-state index contributed by atoms with van der Waals surface area (Å²) in [5, 5.41) is 0.290. The molecule has 8 nitrogen and oxygen atoms in total. The number of rotatable bonds is 3. The van der Waals surface area contributed by atoms with E-state index in [4.69, 9.17) is 9.47 Å². The SMILES string of the molecule is COc1ccc(C2CC(=O)c3cnc4c(c3C2)c(=O)[nH]c(=O)n4C)cc1OC. The fraction of sp³-hybridized carbons (Fsp3) is 0.300. The third-order valence-corrected chi connectivity index (χ3v) is 5.30. The van der Waals surface area contributed by atoms with Crippen molar-refractivity contribution in [2.45, 2.75) is 18.8 Å². The van der Waals surface area contributed by atoms with Crippen molar-refractivity contribution in [3.63, 3.8) is 0 Å². The van der Waals surface area contributed by atoms with Crippen LogP contribution in [0.4, 0.5) is 0 Å². The van der Waals surface area contributed by atoms with Gasteiger partial charge in [-0.3, -0.25) is 19.1 Å². The number of hydrogen-bond donors (Lipinski definition) is 1. The highest BCUT2D eigenvalue weighted by molar-refractivity contribution is 6.02. The minimum Gasteiger partial charge on any atom is -0.493 e. The van der Waals surface area contributed by atoms with Gasteiger partial charge in [-0.05, 0) is 35.6 Å². The lowest BCUT2D eigenvalue weighted by atomic mass is 9.79. The van der Waals surface area contributed by atoms with Crippen molar-refractivity contribution in [3.8, 4) is 11.5 Å². The molecule has 0 aliphatic heterocycles. The Morgan fingerprint density at radius 3 is 2.57 bits per heavy atom. The second-order valence-electron chi connectivity index (χ2n) is 6.81. The molecule has 0 spiro atoms. The third-order valence-electron chi connectivity index (χ3n) is 5.30. The molecule has 3 aromatic rings. The zero-order valence-electron chi connectivity index (χ0n) is 15.7. The number of aromatic amines is 1. The molecule has 1 aliphatic rings. The lowest BCUT2D eigenvalue weighted by molar-refractivity contribution is 0.0964. The molecule has 0 fully saturated rings. The standard InChI is InChI=1S/C20H19N3O5/c1-23-18-17(19(25)22-20(23)26)12-6-11(7-14(24)13(12)9-21-18)10-4-5-15(27-2)16(8-10)28-3/h4-5,8-9,11H,6-7H2,1-3H3,(H,22,25,26). The number of ketones is 1. The van der Waals surface area contributed by atoms with Crippen molar-refractivity contribution in [2.75, 3.05) is 14.2 Å². The molecule has 0 amide bonds. The van der Waals surface area contributed by atoms with Gasteiger partial charge in [-0.1, -0.05) is 6.07 Å². The molecule has 1 aromatic carbocycles. The van der Waals surface area contributed by atoms with Gasteiger partial charge < -0.3 is 9.47 Å². The number of H-pyrrole nitrogens is 1. The van der Waals surface area contributed by atoms with Crippen molar-refractivity contribution >= 4 is 16.8 Å². The Balaban J connectivity index is 1.88. The van der Waals surface area contributed by atoms with E-state index in [-0.39, 0.29) is 22.7 Å². The molecule has 28 heavy (non-hydrogen) atoms. The smallest absolute Gasteiger partial charge is 0.329 e. The number of carbonyl (C=O) groups is 1.